The standard InChI is InChI=1S/C16H15FN2O2/c1-11(12-6-8-15(21-2)9-7-12)18-19-16(20)13-4-3-5-14(17)10-13/h3-10H,1-2H3,(H,19,20)/b18-11+. The number of rotatable bonds is 4. The summed E-state index contributed by atoms with van der Waals surface area (Å²) in [7, 11) is 1.59. The fourth-order valence-electron chi connectivity index (χ4n) is 1.73. The summed E-state index contributed by atoms with van der Waals surface area (Å²) in [5, 5.41) is 4.01. The highest BCUT2D eigenvalue weighted by molar-refractivity contribution is 6.00. The monoisotopic (exact) mass is 286 g/mol. The normalized spacial score (nSPS) is 11.1. The number of ether oxygens (including phenoxy) is 1. The lowest BCUT2D eigenvalue weighted by Gasteiger charge is -2.04. The second-order valence-corrected chi connectivity index (χ2v) is 4.38. The Labute approximate surface area is 122 Å². The molecule has 21 heavy (non-hydrogen) atoms. The van der Waals surface area contributed by atoms with Crippen LogP contribution in [0.4, 0.5) is 4.39 Å². The maximum Gasteiger partial charge on any atom is 0.271 e. The number of nitrogens with one attached hydrogen (secondary N) is 1. The van der Waals surface area contributed by atoms with Gasteiger partial charge in [-0.25, -0.2) is 9.82 Å². The number of hydrazone groups is 1. The Morgan fingerprint density at radius 2 is 1.86 bits per heavy atom. The molecule has 0 aliphatic rings. The molecule has 1 amide bonds. The first-order chi connectivity index (χ1) is 10.1. The van der Waals surface area contributed by atoms with Crippen LogP contribution >= 0.6 is 0 Å². The van der Waals surface area contributed by atoms with E-state index in [-0.39, 0.29) is 5.56 Å². The average Bonchev–Trinajstić information content (AvgIpc) is 2.52. The van der Waals surface area contributed by atoms with Gasteiger partial charge in [0.05, 0.1) is 12.8 Å². The quantitative estimate of drug-likeness (QED) is 0.694. The number of methoxy groups -OCH3 is 1. The highest BCUT2D eigenvalue weighted by atomic mass is 19.1. The average molecular weight is 286 g/mol. The van der Waals surface area contributed by atoms with Gasteiger partial charge in [0.15, 0.2) is 0 Å². The molecule has 0 spiro atoms. The summed E-state index contributed by atoms with van der Waals surface area (Å²) in [5.41, 5.74) is 4.13. The van der Waals surface area contributed by atoms with Crippen molar-refractivity contribution in [2.24, 2.45) is 5.10 Å². The molecule has 108 valence electrons. The van der Waals surface area contributed by atoms with E-state index in [1.807, 2.05) is 24.3 Å². The molecule has 5 heteroatoms. The van der Waals surface area contributed by atoms with E-state index in [4.69, 9.17) is 4.74 Å². The van der Waals surface area contributed by atoms with Crippen molar-refractivity contribution in [3.63, 3.8) is 0 Å². The van der Waals surface area contributed by atoms with Crippen LogP contribution in [0.15, 0.2) is 53.6 Å². The molecule has 0 bridgehead atoms. The van der Waals surface area contributed by atoms with Crippen molar-refractivity contribution in [1.82, 2.24) is 5.43 Å². The van der Waals surface area contributed by atoms with Crippen LogP contribution in [0.3, 0.4) is 0 Å². The molecule has 1 N–H and O–H groups in total. The zero-order valence-corrected chi connectivity index (χ0v) is 11.8. The molecule has 2 aromatic rings. The second-order valence-electron chi connectivity index (χ2n) is 4.38. The number of carbonyl (C=O) groups is 1. The first-order valence-corrected chi connectivity index (χ1v) is 6.35. The van der Waals surface area contributed by atoms with Crippen LogP contribution in [0.5, 0.6) is 5.75 Å². The molecule has 0 fully saturated rings. The molecule has 0 aliphatic carbocycles. The van der Waals surface area contributed by atoms with Crippen molar-refractivity contribution in [2.45, 2.75) is 6.92 Å². The van der Waals surface area contributed by atoms with Crippen molar-refractivity contribution in [3.8, 4) is 5.75 Å². The largest absolute Gasteiger partial charge is 0.497 e. The van der Waals surface area contributed by atoms with Crippen LogP contribution in [-0.2, 0) is 0 Å². The van der Waals surface area contributed by atoms with Crippen LogP contribution in [0, 0.1) is 5.82 Å². The van der Waals surface area contributed by atoms with E-state index in [1.165, 1.54) is 18.2 Å². The Bertz CT molecular complexity index is 666. The third-order valence-electron chi connectivity index (χ3n) is 2.92. The van der Waals surface area contributed by atoms with Crippen LogP contribution in [0.2, 0.25) is 0 Å². The Kier molecular flexibility index (Phi) is 4.66. The summed E-state index contributed by atoms with van der Waals surface area (Å²) in [4.78, 5) is 11.8. The van der Waals surface area contributed by atoms with Crippen LogP contribution in [0.25, 0.3) is 0 Å². The molecule has 2 rings (SSSR count). The van der Waals surface area contributed by atoms with E-state index in [9.17, 15) is 9.18 Å². The van der Waals surface area contributed by atoms with Crippen molar-refractivity contribution in [2.75, 3.05) is 7.11 Å². The molecule has 2 aromatic carbocycles. The number of nitrogens with zero attached hydrogens (tertiary/aromatic N) is 1. The highest BCUT2D eigenvalue weighted by Gasteiger charge is 2.06. The van der Waals surface area contributed by atoms with Gasteiger partial charge in [-0.3, -0.25) is 4.79 Å². The third-order valence-corrected chi connectivity index (χ3v) is 2.92. The van der Waals surface area contributed by atoms with Crippen LogP contribution in [0.1, 0.15) is 22.8 Å². The van der Waals surface area contributed by atoms with Crippen molar-refractivity contribution in [1.29, 1.82) is 0 Å². The summed E-state index contributed by atoms with van der Waals surface area (Å²) < 4.78 is 18.1. The molecule has 0 saturated heterocycles. The molecular formula is C16H15FN2O2. The molecule has 0 aliphatic heterocycles. The van der Waals surface area contributed by atoms with E-state index in [1.54, 1.807) is 14.0 Å². The molecule has 0 radical (unpaired) electrons. The van der Waals surface area contributed by atoms with Crippen molar-refractivity contribution >= 4 is 11.6 Å². The Hall–Kier alpha value is -2.69. The van der Waals surface area contributed by atoms with E-state index in [2.05, 4.69) is 10.5 Å². The summed E-state index contributed by atoms with van der Waals surface area (Å²) >= 11 is 0. The van der Waals surface area contributed by atoms with E-state index < -0.39 is 11.7 Å². The van der Waals surface area contributed by atoms with Gasteiger partial charge < -0.3 is 4.74 Å². The van der Waals surface area contributed by atoms with Gasteiger partial charge in [-0.05, 0) is 55.0 Å². The molecule has 0 heterocycles. The van der Waals surface area contributed by atoms with E-state index >= 15 is 0 Å². The minimum Gasteiger partial charge on any atom is -0.497 e. The molecule has 0 atom stereocenters. The first kappa shape index (κ1) is 14.7. The fourth-order valence-corrected chi connectivity index (χ4v) is 1.73. The fraction of sp³-hybridized carbons (Fsp3) is 0.125. The van der Waals surface area contributed by atoms with E-state index in [0.717, 1.165) is 17.4 Å². The predicted molar refractivity (Wildman–Crippen MR) is 79.1 cm³/mol. The maximum atomic E-state index is 13.0. The molecule has 0 aromatic heterocycles. The predicted octanol–water partition coefficient (Wildman–Crippen LogP) is 2.99. The van der Waals surface area contributed by atoms with Crippen molar-refractivity contribution < 1.29 is 13.9 Å². The third kappa shape index (κ3) is 3.89. The lowest BCUT2D eigenvalue weighted by molar-refractivity contribution is 0.0954. The van der Waals surface area contributed by atoms with Gasteiger partial charge in [0.1, 0.15) is 11.6 Å². The van der Waals surface area contributed by atoms with Gasteiger partial charge in [-0.2, -0.15) is 5.10 Å². The summed E-state index contributed by atoms with van der Waals surface area (Å²) in [6.45, 7) is 1.77. The Balaban J connectivity index is 2.07. The van der Waals surface area contributed by atoms with Crippen LogP contribution in [-0.4, -0.2) is 18.7 Å². The van der Waals surface area contributed by atoms with Crippen LogP contribution < -0.4 is 10.2 Å². The summed E-state index contributed by atoms with van der Waals surface area (Å²) in [5.74, 6) is -0.170. The molecular weight excluding hydrogens is 271 g/mol. The SMILES string of the molecule is COc1ccc(/C(C)=N/NC(=O)c2cccc(F)c2)cc1. The highest BCUT2D eigenvalue weighted by Crippen LogP contribution is 2.12. The van der Waals surface area contributed by atoms with E-state index in [0.29, 0.717) is 5.71 Å². The first-order valence-electron chi connectivity index (χ1n) is 6.35. The number of carbonyl (C=O) groups excluding carboxylic acids is 1. The summed E-state index contributed by atoms with van der Waals surface area (Å²) in [6.07, 6.45) is 0. The van der Waals surface area contributed by atoms with Gasteiger partial charge >= 0.3 is 0 Å². The Morgan fingerprint density at radius 3 is 2.48 bits per heavy atom. The minimum atomic E-state index is -0.460. The van der Waals surface area contributed by atoms with Crippen molar-refractivity contribution in [3.05, 3.63) is 65.5 Å². The Morgan fingerprint density at radius 1 is 1.14 bits per heavy atom. The van der Waals surface area contributed by atoms with Gasteiger partial charge in [0.25, 0.3) is 5.91 Å². The maximum absolute atomic E-state index is 13.0. The zero-order chi connectivity index (χ0) is 15.2. The number of amides is 1. The molecule has 4 nitrogen and oxygen atoms in total. The number of benzene rings is 2. The molecule has 0 unspecified atom stereocenters. The topological polar surface area (TPSA) is 50.7 Å². The summed E-state index contributed by atoms with van der Waals surface area (Å²) in [6, 6.07) is 12.7. The zero-order valence-electron chi connectivity index (χ0n) is 11.8. The van der Waals surface area contributed by atoms with Gasteiger partial charge in [0, 0.05) is 5.56 Å². The lowest BCUT2D eigenvalue weighted by atomic mass is 10.1. The number of halogens is 1. The molecule has 0 saturated carbocycles. The smallest absolute Gasteiger partial charge is 0.271 e. The van der Waals surface area contributed by atoms with Gasteiger partial charge in [-0.1, -0.05) is 6.07 Å². The van der Waals surface area contributed by atoms with Gasteiger partial charge in [-0.15, -0.1) is 0 Å². The number of hydrogen-bond donors (Lipinski definition) is 1. The lowest BCUT2D eigenvalue weighted by Crippen LogP contribution is -2.19. The second kappa shape index (κ2) is 6.65. The van der Waals surface area contributed by atoms with Gasteiger partial charge in [0.2, 0.25) is 0 Å². The number of hydrogen-bond acceptors (Lipinski definition) is 3. The minimum absolute atomic E-state index is 0.223.